The van der Waals surface area contributed by atoms with Gasteiger partial charge in [0, 0.05) is 30.5 Å². The maximum absolute atomic E-state index is 13.6. The lowest BCUT2D eigenvalue weighted by atomic mass is 9.85. The van der Waals surface area contributed by atoms with Crippen molar-refractivity contribution in [2.24, 2.45) is 5.92 Å². The van der Waals surface area contributed by atoms with Gasteiger partial charge >= 0.3 is 0 Å². The monoisotopic (exact) mass is 386 g/mol. The van der Waals surface area contributed by atoms with Crippen LogP contribution in [0.5, 0.6) is 5.75 Å². The van der Waals surface area contributed by atoms with Crippen molar-refractivity contribution < 1.29 is 18.7 Å². The first-order valence-corrected chi connectivity index (χ1v) is 9.20. The van der Waals surface area contributed by atoms with Gasteiger partial charge in [0.2, 0.25) is 11.8 Å². The molecule has 3 rings (SSSR count). The Morgan fingerprint density at radius 1 is 1.14 bits per heavy atom. The van der Waals surface area contributed by atoms with Crippen molar-refractivity contribution >= 4 is 17.6 Å². The molecule has 0 unspecified atom stereocenters. The van der Waals surface area contributed by atoms with Crippen LogP contribution in [0.4, 0.5) is 10.2 Å². The molecule has 1 aromatic heterocycles. The molecule has 0 bridgehead atoms. The number of carbonyl (C=O) groups excluding carboxylic acids is 2. The van der Waals surface area contributed by atoms with Crippen LogP contribution in [0.2, 0.25) is 0 Å². The lowest BCUT2D eigenvalue weighted by molar-refractivity contribution is -0.121. The third-order valence-electron chi connectivity index (χ3n) is 4.86. The van der Waals surface area contributed by atoms with Crippen LogP contribution in [0.25, 0.3) is 11.3 Å². The Balaban J connectivity index is 1.68. The van der Waals surface area contributed by atoms with E-state index in [2.05, 4.69) is 20.6 Å². The summed E-state index contributed by atoms with van der Waals surface area (Å²) in [6, 6.07) is 5.89. The number of carbonyl (C=O) groups is 2. The van der Waals surface area contributed by atoms with Gasteiger partial charge in [-0.3, -0.25) is 9.59 Å². The van der Waals surface area contributed by atoms with E-state index in [1.807, 2.05) is 0 Å². The van der Waals surface area contributed by atoms with Crippen molar-refractivity contribution in [2.75, 3.05) is 12.4 Å². The maximum Gasteiger partial charge on any atom is 0.228 e. The molecule has 7 nitrogen and oxygen atoms in total. The third kappa shape index (κ3) is 4.82. The molecule has 1 aliphatic carbocycles. The van der Waals surface area contributed by atoms with E-state index in [1.165, 1.54) is 38.6 Å². The largest absolute Gasteiger partial charge is 0.496 e. The van der Waals surface area contributed by atoms with Crippen LogP contribution < -0.4 is 15.4 Å². The van der Waals surface area contributed by atoms with E-state index < -0.39 is 5.82 Å². The maximum atomic E-state index is 13.6. The van der Waals surface area contributed by atoms with Crippen LogP contribution in [-0.4, -0.2) is 34.9 Å². The zero-order chi connectivity index (χ0) is 20.1. The molecule has 2 amide bonds. The fourth-order valence-electron chi connectivity index (χ4n) is 3.47. The lowest BCUT2D eigenvalue weighted by Crippen LogP contribution is -2.38. The van der Waals surface area contributed by atoms with Crippen molar-refractivity contribution in [3.05, 3.63) is 36.4 Å². The second kappa shape index (κ2) is 8.77. The van der Waals surface area contributed by atoms with E-state index >= 15 is 0 Å². The van der Waals surface area contributed by atoms with E-state index in [9.17, 15) is 14.0 Å². The number of hydrogen-bond acceptors (Lipinski definition) is 5. The molecule has 1 heterocycles. The van der Waals surface area contributed by atoms with Crippen LogP contribution in [0, 0.1) is 11.7 Å². The Kier molecular flexibility index (Phi) is 6.18. The number of nitrogens with one attached hydrogen (secondary N) is 2. The summed E-state index contributed by atoms with van der Waals surface area (Å²) in [6.07, 6.45) is 4.27. The molecule has 0 saturated heterocycles. The van der Waals surface area contributed by atoms with Crippen LogP contribution in [0.15, 0.2) is 30.6 Å². The summed E-state index contributed by atoms with van der Waals surface area (Å²) < 4.78 is 18.9. The Morgan fingerprint density at radius 2 is 1.89 bits per heavy atom. The lowest BCUT2D eigenvalue weighted by Gasteiger charge is -2.27. The normalized spacial score (nSPS) is 19.0. The molecule has 1 saturated carbocycles. The number of nitrogens with zero attached hydrogens (tertiary/aromatic N) is 2. The average Bonchev–Trinajstić information content (AvgIpc) is 2.68. The van der Waals surface area contributed by atoms with Gasteiger partial charge in [-0.2, -0.15) is 0 Å². The first-order chi connectivity index (χ1) is 13.5. The molecule has 0 spiro atoms. The minimum absolute atomic E-state index is 0.0470. The van der Waals surface area contributed by atoms with Crippen LogP contribution in [-0.2, 0) is 9.59 Å². The summed E-state index contributed by atoms with van der Waals surface area (Å²) in [7, 11) is 1.50. The number of amides is 2. The fraction of sp³-hybridized carbons (Fsp3) is 0.400. The first-order valence-electron chi connectivity index (χ1n) is 9.20. The Hall–Kier alpha value is -3.03. The van der Waals surface area contributed by atoms with Crippen molar-refractivity contribution in [3.8, 4) is 17.0 Å². The Bertz CT molecular complexity index is 866. The number of rotatable bonds is 5. The quantitative estimate of drug-likeness (QED) is 0.824. The van der Waals surface area contributed by atoms with E-state index in [0.29, 0.717) is 35.7 Å². The van der Waals surface area contributed by atoms with Crippen molar-refractivity contribution in [2.45, 2.75) is 38.6 Å². The number of hydrogen-bond donors (Lipinski definition) is 2. The highest BCUT2D eigenvalue weighted by Gasteiger charge is 2.27. The van der Waals surface area contributed by atoms with E-state index in [-0.39, 0.29) is 23.8 Å². The predicted octanol–water partition coefficient (Wildman–Crippen LogP) is 2.92. The number of ether oxygens (including phenoxy) is 1. The SMILES string of the molecule is COc1ccc(F)cc1-c1cc(NC(=O)C2CCC(NC(C)=O)CC2)ncn1. The highest BCUT2D eigenvalue weighted by Crippen LogP contribution is 2.30. The number of methoxy groups -OCH3 is 1. The van der Waals surface area contributed by atoms with Gasteiger partial charge in [0.25, 0.3) is 0 Å². The molecular weight excluding hydrogens is 363 g/mol. The minimum Gasteiger partial charge on any atom is -0.496 e. The van der Waals surface area contributed by atoms with Gasteiger partial charge in [-0.25, -0.2) is 14.4 Å². The van der Waals surface area contributed by atoms with Gasteiger partial charge in [0.15, 0.2) is 0 Å². The van der Waals surface area contributed by atoms with Gasteiger partial charge in [-0.15, -0.1) is 0 Å². The Labute approximate surface area is 162 Å². The van der Waals surface area contributed by atoms with Crippen molar-refractivity contribution in [1.29, 1.82) is 0 Å². The molecule has 8 heteroatoms. The fourth-order valence-corrected chi connectivity index (χ4v) is 3.47. The molecule has 2 aromatic rings. The third-order valence-corrected chi connectivity index (χ3v) is 4.86. The molecule has 28 heavy (non-hydrogen) atoms. The van der Waals surface area contributed by atoms with Crippen LogP contribution in [0.3, 0.4) is 0 Å². The highest BCUT2D eigenvalue weighted by molar-refractivity contribution is 5.92. The summed E-state index contributed by atoms with van der Waals surface area (Å²) in [4.78, 5) is 32.0. The minimum atomic E-state index is -0.407. The van der Waals surface area contributed by atoms with Gasteiger partial charge < -0.3 is 15.4 Å². The van der Waals surface area contributed by atoms with E-state index in [4.69, 9.17) is 4.74 Å². The number of benzene rings is 1. The summed E-state index contributed by atoms with van der Waals surface area (Å²) in [5.41, 5.74) is 0.937. The standard InChI is InChI=1S/C20H23FN4O3/c1-12(26)24-15-6-3-13(4-7-15)20(27)25-19-10-17(22-11-23-19)16-9-14(21)5-8-18(16)28-2/h5,8-11,13,15H,3-4,6-7H2,1-2H3,(H,24,26)(H,22,23,25,27). The average molecular weight is 386 g/mol. The Morgan fingerprint density at radius 3 is 2.57 bits per heavy atom. The highest BCUT2D eigenvalue weighted by atomic mass is 19.1. The zero-order valence-corrected chi connectivity index (χ0v) is 15.9. The summed E-state index contributed by atoms with van der Waals surface area (Å²) in [5.74, 6) is 0.133. The summed E-state index contributed by atoms with van der Waals surface area (Å²) in [5, 5.41) is 5.72. The molecule has 0 atom stereocenters. The molecule has 148 valence electrons. The molecule has 0 aliphatic heterocycles. The van der Waals surface area contributed by atoms with E-state index in [1.54, 1.807) is 6.07 Å². The first kappa shape index (κ1) is 19.7. The van der Waals surface area contributed by atoms with Crippen molar-refractivity contribution in [3.63, 3.8) is 0 Å². The van der Waals surface area contributed by atoms with E-state index in [0.717, 1.165) is 12.8 Å². The van der Waals surface area contributed by atoms with Gasteiger partial charge in [-0.1, -0.05) is 0 Å². The smallest absolute Gasteiger partial charge is 0.228 e. The van der Waals surface area contributed by atoms with Gasteiger partial charge in [0.05, 0.1) is 12.8 Å². The molecule has 1 aromatic carbocycles. The molecule has 2 N–H and O–H groups in total. The van der Waals surface area contributed by atoms with Crippen molar-refractivity contribution in [1.82, 2.24) is 15.3 Å². The molecule has 1 aliphatic rings. The van der Waals surface area contributed by atoms with Gasteiger partial charge in [-0.05, 0) is 43.9 Å². The van der Waals surface area contributed by atoms with Crippen LogP contribution in [0.1, 0.15) is 32.6 Å². The predicted molar refractivity (Wildman–Crippen MR) is 102 cm³/mol. The number of anilines is 1. The second-order valence-electron chi connectivity index (χ2n) is 6.87. The van der Waals surface area contributed by atoms with Crippen LogP contribution >= 0.6 is 0 Å². The summed E-state index contributed by atoms with van der Waals surface area (Å²) >= 11 is 0. The second-order valence-corrected chi connectivity index (χ2v) is 6.87. The number of halogens is 1. The molecule has 0 radical (unpaired) electrons. The van der Waals surface area contributed by atoms with Gasteiger partial charge in [0.1, 0.15) is 23.7 Å². The molecule has 1 fully saturated rings. The topological polar surface area (TPSA) is 93.2 Å². The zero-order valence-electron chi connectivity index (χ0n) is 15.9. The number of aromatic nitrogens is 2. The summed E-state index contributed by atoms with van der Waals surface area (Å²) in [6.45, 7) is 1.50. The molecular formula is C20H23FN4O3.